The SMILES string of the molecule is C[C@@H]1CCC2(C)C3[C@@H](O)C[C@@H](C)C312. The van der Waals surface area contributed by atoms with Crippen LogP contribution >= 0.6 is 0 Å². The summed E-state index contributed by atoms with van der Waals surface area (Å²) in [6.45, 7) is 7.18. The Bertz CT molecular complexity index is 262. The van der Waals surface area contributed by atoms with E-state index in [9.17, 15) is 5.11 Å². The Morgan fingerprint density at radius 1 is 1.23 bits per heavy atom. The average Bonchev–Trinajstić information content (AvgIpc) is 2.35. The highest BCUT2D eigenvalue weighted by atomic mass is 16.3. The van der Waals surface area contributed by atoms with Gasteiger partial charge in [-0.25, -0.2) is 0 Å². The lowest BCUT2D eigenvalue weighted by Crippen LogP contribution is -2.20. The third-order valence-corrected chi connectivity index (χ3v) is 5.81. The smallest absolute Gasteiger partial charge is 0.0582 e. The average molecular weight is 180 g/mol. The minimum Gasteiger partial charge on any atom is -0.393 e. The molecule has 0 aromatic rings. The normalized spacial score (nSPS) is 69.2. The molecule has 6 atom stereocenters. The van der Waals surface area contributed by atoms with E-state index in [0.29, 0.717) is 16.7 Å². The molecule has 3 saturated carbocycles. The molecule has 74 valence electrons. The van der Waals surface area contributed by atoms with E-state index in [1.54, 1.807) is 0 Å². The fraction of sp³-hybridized carbons (Fsp3) is 1.00. The van der Waals surface area contributed by atoms with Crippen molar-refractivity contribution in [3.8, 4) is 0 Å². The fourth-order valence-corrected chi connectivity index (χ4v) is 5.57. The standard InChI is InChI=1S/C12H20O/c1-7-4-5-11(3)10-9(13)6-8(2)12(7,10)11/h7-10,13H,4-6H2,1-3H3/t7-,8-,9+,10?,11?,12?/m1/s1. The minimum atomic E-state index is 0.0164. The van der Waals surface area contributed by atoms with Crippen LogP contribution in [0.2, 0.25) is 0 Å². The van der Waals surface area contributed by atoms with Gasteiger partial charge < -0.3 is 5.11 Å². The van der Waals surface area contributed by atoms with Gasteiger partial charge in [-0.1, -0.05) is 20.8 Å². The maximum atomic E-state index is 9.99. The number of fused-ring (bicyclic) bond motifs is 1. The summed E-state index contributed by atoms with van der Waals surface area (Å²) in [4.78, 5) is 0. The molecule has 3 rings (SSSR count). The molecule has 0 amide bonds. The molecule has 13 heavy (non-hydrogen) atoms. The minimum absolute atomic E-state index is 0.0164. The van der Waals surface area contributed by atoms with Crippen molar-refractivity contribution in [1.82, 2.24) is 0 Å². The van der Waals surface area contributed by atoms with E-state index >= 15 is 0 Å². The second kappa shape index (κ2) is 1.98. The van der Waals surface area contributed by atoms with Crippen LogP contribution in [0.4, 0.5) is 0 Å². The van der Waals surface area contributed by atoms with E-state index in [0.717, 1.165) is 18.3 Å². The molecule has 0 aromatic heterocycles. The van der Waals surface area contributed by atoms with E-state index in [2.05, 4.69) is 20.8 Å². The molecule has 1 spiro atoms. The Morgan fingerprint density at radius 2 is 1.92 bits per heavy atom. The van der Waals surface area contributed by atoms with Gasteiger partial charge in [0.2, 0.25) is 0 Å². The van der Waals surface area contributed by atoms with Crippen molar-refractivity contribution in [3.63, 3.8) is 0 Å². The lowest BCUT2D eigenvalue weighted by molar-refractivity contribution is 0.123. The van der Waals surface area contributed by atoms with Gasteiger partial charge in [-0.3, -0.25) is 0 Å². The fourth-order valence-electron chi connectivity index (χ4n) is 5.57. The van der Waals surface area contributed by atoms with Crippen LogP contribution in [0.3, 0.4) is 0 Å². The molecule has 0 aromatic carbocycles. The van der Waals surface area contributed by atoms with Gasteiger partial charge in [-0.05, 0) is 47.8 Å². The van der Waals surface area contributed by atoms with Gasteiger partial charge >= 0.3 is 0 Å². The second-order valence-corrected chi connectivity index (χ2v) is 5.97. The third kappa shape index (κ3) is 0.587. The maximum Gasteiger partial charge on any atom is 0.0582 e. The Kier molecular flexibility index (Phi) is 1.26. The van der Waals surface area contributed by atoms with Crippen LogP contribution in [0.5, 0.6) is 0 Å². The second-order valence-electron chi connectivity index (χ2n) is 5.97. The van der Waals surface area contributed by atoms with E-state index in [1.807, 2.05) is 0 Å². The topological polar surface area (TPSA) is 20.2 Å². The molecule has 0 aliphatic heterocycles. The Balaban J connectivity index is 2.06. The highest BCUT2D eigenvalue weighted by Gasteiger charge is 2.83. The number of aliphatic hydroxyl groups is 1. The molecule has 3 aliphatic rings. The summed E-state index contributed by atoms with van der Waals surface area (Å²) in [6, 6.07) is 0. The predicted octanol–water partition coefficient (Wildman–Crippen LogP) is 2.44. The van der Waals surface area contributed by atoms with Crippen LogP contribution in [0, 0.1) is 28.6 Å². The summed E-state index contributed by atoms with van der Waals surface area (Å²) in [5.74, 6) is 2.27. The molecule has 0 saturated heterocycles. The zero-order chi connectivity index (χ0) is 9.43. The molecule has 0 radical (unpaired) electrons. The number of rotatable bonds is 0. The summed E-state index contributed by atoms with van der Waals surface area (Å²) in [5, 5.41) is 9.99. The first kappa shape index (κ1) is 8.28. The van der Waals surface area contributed by atoms with E-state index in [1.165, 1.54) is 12.8 Å². The lowest BCUT2D eigenvalue weighted by atomic mass is 9.79. The van der Waals surface area contributed by atoms with Gasteiger partial charge in [0.15, 0.2) is 0 Å². The predicted molar refractivity (Wildman–Crippen MR) is 52.2 cm³/mol. The van der Waals surface area contributed by atoms with Gasteiger partial charge in [0, 0.05) is 0 Å². The molecule has 3 fully saturated rings. The van der Waals surface area contributed by atoms with Gasteiger partial charge in [0.1, 0.15) is 0 Å². The Labute approximate surface area is 80.5 Å². The summed E-state index contributed by atoms with van der Waals surface area (Å²) in [6.07, 6.45) is 3.83. The van der Waals surface area contributed by atoms with Crippen LogP contribution in [0.25, 0.3) is 0 Å². The summed E-state index contributed by atoms with van der Waals surface area (Å²) < 4.78 is 0. The maximum absolute atomic E-state index is 9.99. The number of hydrogen-bond acceptors (Lipinski definition) is 1. The van der Waals surface area contributed by atoms with Crippen molar-refractivity contribution in [2.24, 2.45) is 28.6 Å². The molecule has 1 N–H and O–H groups in total. The van der Waals surface area contributed by atoms with Gasteiger partial charge in [0.25, 0.3) is 0 Å². The molecule has 3 aliphatic carbocycles. The van der Waals surface area contributed by atoms with E-state index < -0.39 is 0 Å². The molecule has 0 heterocycles. The van der Waals surface area contributed by atoms with Crippen LogP contribution in [0.1, 0.15) is 40.0 Å². The first-order chi connectivity index (χ1) is 6.05. The van der Waals surface area contributed by atoms with E-state index in [-0.39, 0.29) is 6.10 Å². The van der Waals surface area contributed by atoms with Crippen LogP contribution in [-0.2, 0) is 0 Å². The van der Waals surface area contributed by atoms with Gasteiger partial charge in [-0.15, -0.1) is 0 Å². The zero-order valence-electron chi connectivity index (χ0n) is 8.88. The van der Waals surface area contributed by atoms with Crippen molar-refractivity contribution in [1.29, 1.82) is 0 Å². The quantitative estimate of drug-likeness (QED) is 0.607. The third-order valence-electron chi connectivity index (χ3n) is 5.81. The molecule has 0 bridgehead atoms. The van der Waals surface area contributed by atoms with Crippen molar-refractivity contribution in [3.05, 3.63) is 0 Å². The van der Waals surface area contributed by atoms with Gasteiger partial charge in [-0.2, -0.15) is 0 Å². The summed E-state index contributed by atoms with van der Waals surface area (Å²) in [7, 11) is 0. The largest absolute Gasteiger partial charge is 0.393 e. The van der Waals surface area contributed by atoms with Crippen molar-refractivity contribution in [2.75, 3.05) is 0 Å². The highest BCUT2D eigenvalue weighted by Crippen LogP contribution is 2.86. The number of hydrogen-bond donors (Lipinski definition) is 1. The molecular weight excluding hydrogens is 160 g/mol. The summed E-state index contributed by atoms with van der Waals surface area (Å²) >= 11 is 0. The Morgan fingerprint density at radius 3 is 2.46 bits per heavy atom. The molecule has 1 nitrogen and oxygen atoms in total. The first-order valence-electron chi connectivity index (χ1n) is 5.73. The first-order valence-corrected chi connectivity index (χ1v) is 5.73. The number of aliphatic hydroxyl groups excluding tert-OH is 1. The van der Waals surface area contributed by atoms with Crippen LogP contribution in [0.15, 0.2) is 0 Å². The van der Waals surface area contributed by atoms with Crippen LogP contribution < -0.4 is 0 Å². The lowest BCUT2D eigenvalue weighted by Gasteiger charge is -2.25. The van der Waals surface area contributed by atoms with E-state index in [4.69, 9.17) is 0 Å². The zero-order valence-corrected chi connectivity index (χ0v) is 8.88. The molecular formula is C12H20O. The van der Waals surface area contributed by atoms with Crippen molar-refractivity contribution < 1.29 is 5.11 Å². The van der Waals surface area contributed by atoms with Gasteiger partial charge in [0.05, 0.1) is 6.10 Å². The highest BCUT2D eigenvalue weighted by molar-refractivity contribution is 5.31. The molecule has 3 unspecified atom stereocenters. The van der Waals surface area contributed by atoms with Crippen molar-refractivity contribution in [2.45, 2.75) is 46.1 Å². The Hall–Kier alpha value is -0.0400. The molecule has 1 heteroatoms. The monoisotopic (exact) mass is 180 g/mol. The van der Waals surface area contributed by atoms with Crippen LogP contribution in [-0.4, -0.2) is 11.2 Å². The summed E-state index contributed by atoms with van der Waals surface area (Å²) in [5.41, 5.74) is 1.07. The van der Waals surface area contributed by atoms with Crippen molar-refractivity contribution >= 4 is 0 Å².